The van der Waals surface area contributed by atoms with Crippen LogP contribution in [-0.4, -0.2) is 34.3 Å². The van der Waals surface area contributed by atoms with Crippen molar-refractivity contribution in [3.63, 3.8) is 0 Å². The molecule has 1 N–H and O–H groups in total. The average Bonchev–Trinajstić information content (AvgIpc) is 2.26. The summed E-state index contributed by atoms with van der Waals surface area (Å²) in [7, 11) is 0. The first kappa shape index (κ1) is 16.2. The number of halogens is 1. The van der Waals surface area contributed by atoms with Gasteiger partial charge in [-0.1, -0.05) is 11.6 Å². The van der Waals surface area contributed by atoms with E-state index in [2.05, 4.69) is 4.98 Å². The van der Waals surface area contributed by atoms with Gasteiger partial charge in [0.15, 0.2) is 0 Å². The van der Waals surface area contributed by atoms with Gasteiger partial charge in [-0.15, -0.1) is 0 Å². The molecule has 1 heterocycles. The van der Waals surface area contributed by atoms with Crippen LogP contribution < -0.4 is 4.90 Å². The molecule has 0 aliphatic carbocycles. The van der Waals surface area contributed by atoms with E-state index in [1.807, 2.05) is 0 Å². The number of pyridine rings is 1. The van der Waals surface area contributed by atoms with Crippen molar-refractivity contribution in [2.75, 3.05) is 11.4 Å². The topological polar surface area (TPSA) is 79.7 Å². The SMILES string of the molecule is CCN(C(=O)OC(C)(C)C)c1cc(C(=O)O)cc(Cl)n1. The second kappa shape index (κ2) is 6.09. The zero-order valence-corrected chi connectivity index (χ0v) is 12.6. The zero-order valence-electron chi connectivity index (χ0n) is 11.8. The number of aromatic carboxylic acids is 1. The highest BCUT2D eigenvalue weighted by Crippen LogP contribution is 2.20. The van der Waals surface area contributed by atoms with E-state index < -0.39 is 17.7 Å². The molecule has 0 aliphatic heterocycles. The van der Waals surface area contributed by atoms with Gasteiger partial charge in [0.2, 0.25) is 0 Å². The van der Waals surface area contributed by atoms with E-state index in [0.717, 1.165) is 0 Å². The highest BCUT2D eigenvalue weighted by Gasteiger charge is 2.24. The molecule has 0 saturated heterocycles. The molecule has 1 amide bonds. The number of anilines is 1. The monoisotopic (exact) mass is 300 g/mol. The van der Waals surface area contributed by atoms with Crippen molar-refractivity contribution in [1.82, 2.24) is 4.98 Å². The number of rotatable bonds is 3. The van der Waals surface area contributed by atoms with Crippen molar-refractivity contribution in [2.24, 2.45) is 0 Å². The third kappa shape index (κ3) is 4.38. The normalized spacial score (nSPS) is 11.1. The number of carbonyl (C=O) groups excluding carboxylic acids is 1. The van der Waals surface area contributed by atoms with Gasteiger partial charge < -0.3 is 9.84 Å². The van der Waals surface area contributed by atoms with Crippen molar-refractivity contribution in [2.45, 2.75) is 33.3 Å². The first-order valence-corrected chi connectivity index (χ1v) is 6.43. The standard InChI is InChI=1S/C13H17ClN2O4/c1-5-16(12(19)20-13(2,3)4)10-7-8(11(17)18)6-9(14)15-10/h6-7H,5H2,1-4H3,(H,17,18). The summed E-state index contributed by atoms with van der Waals surface area (Å²) in [5.74, 6) is -0.998. The summed E-state index contributed by atoms with van der Waals surface area (Å²) < 4.78 is 5.24. The lowest BCUT2D eigenvalue weighted by molar-refractivity contribution is 0.0579. The van der Waals surface area contributed by atoms with Crippen molar-refractivity contribution in [1.29, 1.82) is 0 Å². The molecular weight excluding hydrogens is 284 g/mol. The third-order valence-electron chi connectivity index (χ3n) is 2.23. The molecule has 0 fully saturated rings. The lowest BCUT2D eigenvalue weighted by Crippen LogP contribution is -2.37. The van der Waals surface area contributed by atoms with Gasteiger partial charge in [-0.25, -0.2) is 14.6 Å². The molecule has 1 rings (SSSR count). The average molecular weight is 301 g/mol. The van der Waals surface area contributed by atoms with Crippen LogP contribution in [0.4, 0.5) is 10.6 Å². The van der Waals surface area contributed by atoms with Crippen molar-refractivity contribution >= 4 is 29.5 Å². The summed E-state index contributed by atoms with van der Waals surface area (Å²) in [6, 6.07) is 2.50. The van der Waals surface area contributed by atoms with Gasteiger partial charge in [0.1, 0.15) is 16.6 Å². The van der Waals surface area contributed by atoms with Gasteiger partial charge in [0.25, 0.3) is 0 Å². The van der Waals surface area contributed by atoms with Crippen molar-refractivity contribution < 1.29 is 19.4 Å². The second-order valence-electron chi connectivity index (χ2n) is 5.07. The quantitative estimate of drug-likeness (QED) is 0.867. The van der Waals surface area contributed by atoms with E-state index >= 15 is 0 Å². The summed E-state index contributed by atoms with van der Waals surface area (Å²) in [5.41, 5.74) is -0.694. The van der Waals surface area contributed by atoms with Crippen LogP contribution in [0.2, 0.25) is 5.15 Å². The molecule has 1 aromatic heterocycles. The van der Waals surface area contributed by atoms with Gasteiger partial charge in [0.05, 0.1) is 5.56 Å². The summed E-state index contributed by atoms with van der Waals surface area (Å²) in [6.07, 6.45) is -0.605. The predicted octanol–water partition coefficient (Wildman–Crippen LogP) is 3.19. The molecule has 110 valence electrons. The third-order valence-corrected chi connectivity index (χ3v) is 2.43. The Labute approximate surface area is 122 Å². The van der Waals surface area contributed by atoms with Crippen LogP contribution in [0, 0.1) is 0 Å². The van der Waals surface area contributed by atoms with Crippen LogP contribution in [0.5, 0.6) is 0 Å². The highest BCUT2D eigenvalue weighted by molar-refractivity contribution is 6.29. The fourth-order valence-electron chi connectivity index (χ4n) is 1.45. The number of carbonyl (C=O) groups is 2. The lowest BCUT2D eigenvalue weighted by atomic mass is 10.2. The highest BCUT2D eigenvalue weighted by atomic mass is 35.5. The Balaban J connectivity index is 3.12. The molecule has 0 radical (unpaired) electrons. The number of carboxylic acids is 1. The Morgan fingerprint density at radius 1 is 1.40 bits per heavy atom. The molecule has 0 bridgehead atoms. The summed E-state index contributed by atoms with van der Waals surface area (Å²) in [6.45, 7) is 7.24. The van der Waals surface area contributed by atoms with E-state index in [0.29, 0.717) is 0 Å². The number of aromatic nitrogens is 1. The van der Waals surface area contributed by atoms with Gasteiger partial charge in [0, 0.05) is 6.54 Å². The zero-order chi connectivity index (χ0) is 15.5. The molecular formula is C13H17ClN2O4. The molecule has 20 heavy (non-hydrogen) atoms. The summed E-state index contributed by atoms with van der Waals surface area (Å²) in [4.78, 5) is 28.2. The van der Waals surface area contributed by atoms with Crippen LogP contribution in [0.3, 0.4) is 0 Å². The Morgan fingerprint density at radius 2 is 2.00 bits per heavy atom. The van der Waals surface area contributed by atoms with Gasteiger partial charge in [-0.2, -0.15) is 0 Å². The van der Waals surface area contributed by atoms with E-state index in [9.17, 15) is 9.59 Å². The summed E-state index contributed by atoms with van der Waals surface area (Å²) in [5, 5.41) is 8.99. The van der Waals surface area contributed by atoms with E-state index in [1.54, 1.807) is 27.7 Å². The minimum Gasteiger partial charge on any atom is -0.478 e. The molecule has 6 nitrogen and oxygen atoms in total. The first-order valence-electron chi connectivity index (χ1n) is 6.05. The van der Waals surface area contributed by atoms with Gasteiger partial charge >= 0.3 is 12.1 Å². The second-order valence-corrected chi connectivity index (χ2v) is 5.45. The molecule has 0 spiro atoms. The maximum Gasteiger partial charge on any atom is 0.415 e. The van der Waals surface area contributed by atoms with Crippen LogP contribution in [0.1, 0.15) is 38.1 Å². The minimum absolute atomic E-state index is 0.00177. The van der Waals surface area contributed by atoms with Crippen LogP contribution in [0.25, 0.3) is 0 Å². The number of ether oxygens (including phenoxy) is 1. The van der Waals surface area contributed by atoms with Crippen LogP contribution >= 0.6 is 11.6 Å². The molecule has 7 heteroatoms. The molecule has 0 unspecified atom stereocenters. The number of carboxylic acid groups (broad SMARTS) is 1. The largest absolute Gasteiger partial charge is 0.478 e. The number of hydrogen-bond donors (Lipinski definition) is 1. The first-order chi connectivity index (χ1) is 9.14. The van der Waals surface area contributed by atoms with E-state index in [4.69, 9.17) is 21.4 Å². The van der Waals surface area contributed by atoms with Gasteiger partial charge in [-0.3, -0.25) is 4.90 Å². The Hall–Kier alpha value is -1.82. The molecule has 0 atom stereocenters. The number of hydrogen-bond acceptors (Lipinski definition) is 4. The number of nitrogens with zero attached hydrogens (tertiary/aromatic N) is 2. The maximum atomic E-state index is 12.1. The fraction of sp³-hybridized carbons (Fsp3) is 0.462. The van der Waals surface area contributed by atoms with Crippen LogP contribution in [0.15, 0.2) is 12.1 Å². The van der Waals surface area contributed by atoms with Crippen molar-refractivity contribution in [3.8, 4) is 0 Å². The predicted molar refractivity (Wildman–Crippen MR) is 75.5 cm³/mol. The van der Waals surface area contributed by atoms with Crippen LogP contribution in [-0.2, 0) is 4.74 Å². The minimum atomic E-state index is -1.14. The molecule has 0 aliphatic rings. The summed E-state index contributed by atoms with van der Waals surface area (Å²) >= 11 is 5.78. The fourth-order valence-corrected chi connectivity index (χ4v) is 1.65. The molecule has 0 saturated carbocycles. The lowest BCUT2D eigenvalue weighted by Gasteiger charge is -2.26. The molecule has 0 aromatic carbocycles. The Bertz CT molecular complexity index is 526. The number of amides is 1. The molecule has 1 aromatic rings. The smallest absolute Gasteiger partial charge is 0.415 e. The Kier molecular flexibility index (Phi) is 4.94. The van der Waals surface area contributed by atoms with Gasteiger partial charge in [-0.05, 0) is 39.8 Å². The maximum absolute atomic E-state index is 12.1. The van der Waals surface area contributed by atoms with Crippen molar-refractivity contribution in [3.05, 3.63) is 22.8 Å². The Morgan fingerprint density at radius 3 is 2.45 bits per heavy atom. The van der Waals surface area contributed by atoms with E-state index in [-0.39, 0.29) is 23.1 Å². The van der Waals surface area contributed by atoms with E-state index in [1.165, 1.54) is 17.0 Å².